The average molecular weight is 485 g/mol. The van der Waals surface area contributed by atoms with Crippen LogP contribution in [0.5, 0.6) is 0 Å². The molecule has 190 valence electrons. The summed E-state index contributed by atoms with van der Waals surface area (Å²) in [6.07, 6.45) is 2.49. The molecule has 6 atom stereocenters. The molecule has 3 heterocycles. The lowest BCUT2D eigenvalue weighted by molar-refractivity contribution is -0.162. The number of carbonyl (C=O) groups is 3. The summed E-state index contributed by atoms with van der Waals surface area (Å²) in [6, 6.07) is 8.76. The SMILES string of the molecule is C=CCN(Cc1ccccc1)C(=O)C1N(CCCO)C(=O)[C@@H]2[C@H](C(=O)OCC)[C@@]3(C)OC12CC3C. The second-order valence-electron chi connectivity index (χ2n) is 10.1. The highest BCUT2D eigenvalue weighted by Gasteiger charge is 2.80. The molecule has 2 bridgehead atoms. The predicted molar refractivity (Wildman–Crippen MR) is 129 cm³/mol. The smallest absolute Gasteiger partial charge is 0.312 e. The van der Waals surface area contributed by atoms with Crippen molar-refractivity contribution in [2.75, 3.05) is 26.3 Å². The van der Waals surface area contributed by atoms with E-state index >= 15 is 0 Å². The molecule has 3 unspecified atom stereocenters. The number of hydrogen-bond acceptors (Lipinski definition) is 6. The van der Waals surface area contributed by atoms with Crippen molar-refractivity contribution >= 4 is 17.8 Å². The number of hydrogen-bond donors (Lipinski definition) is 1. The summed E-state index contributed by atoms with van der Waals surface area (Å²) in [7, 11) is 0. The minimum atomic E-state index is -1.12. The van der Waals surface area contributed by atoms with E-state index in [1.165, 1.54) is 4.90 Å². The fourth-order valence-electron chi connectivity index (χ4n) is 6.46. The first-order chi connectivity index (χ1) is 16.7. The van der Waals surface area contributed by atoms with Crippen molar-refractivity contribution in [3.8, 4) is 0 Å². The number of esters is 1. The molecule has 3 aliphatic rings. The molecule has 8 nitrogen and oxygen atoms in total. The van der Waals surface area contributed by atoms with E-state index in [9.17, 15) is 19.5 Å². The molecule has 3 fully saturated rings. The van der Waals surface area contributed by atoms with Crippen LogP contribution >= 0.6 is 0 Å². The van der Waals surface area contributed by atoms with Crippen molar-refractivity contribution in [3.05, 3.63) is 48.6 Å². The van der Waals surface area contributed by atoms with Crippen LogP contribution in [0.25, 0.3) is 0 Å². The fraction of sp³-hybridized carbons (Fsp3) is 0.593. The predicted octanol–water partition coefficient (Wildman–Crippen LogP) is 2.16. The first-order valence-corrected chi connectivity index (χ1v) is 12.5. The highest BCUT2D eigenvalue weighted by Crippen LogP contribution is 2.65. The van der Waals surface area contributed by atoms with Gasteiger partial charge in [-0.25, -0.2) is 0 Å². The Bertz CT molecular complexity index is 983. The third kappa shape index (κ3) is 3.96. The van der Waals surface area contributed by atoms with Crippen LogP contribution in [0.15, 0.2) is 43.0 Å². The number of benzene rings is 1. The van der Waals surface area contributed by atoms with Crippen LogP contribution in [-0.4, -0.2) is 76.2 Å². The van der Waals surface area contributed by atoms with Gasteiger partial charge in [0.05, 0.1) is 18.1 Å². The topological polar surface area (TPSA) is 96.4 Å². The Kier molecular flexibility index (Phi) is 7.06. The second kappa shape index (κ2) is 9.74. The molecule has 0 aromatic heterocycles. The zero-order valence-electron chi connectivity index (χ0n) is 20.8. The number of rotatable bonds is 10. The Hall–Kier alpha value is -2.71. The Morgan fingerprint density at radius 1 is 1.34 bits per heavy atom. The summed E-state index contributed by atoms with van der Waals surface area (Å²) >= 11 is 0. The van der Waals surface area contributed by atoms with E-state index in [2.05, 4.69) is 6.58 Å². The zero-order chi connectivity index (χ0) is 25.4. The number of likely N-dealkylation sites (tertiary alicyclic amines) is 1. The maximum absolute atomic E-state index is 14.2. The number of ether oxygens (including phenoxy) is 2. The second-order valence-corrected chi connectivity index (χ2v) is 10.1. The van der Waals surface area contributed by atoms with E-state index < -0.39 is 35.0 Å². The van der Waals surface area contributed by atoms with E-state index in [1.807, 2.05) is 44.2 Å². The summed E-state index contributed by atoms with van der Waals surface area (Å²) in [4.78, 5) is 44.4. The van der Waals surface area contributed by atoms with Crippen LogP contribution in [0.2, 0.25) is 0 Å². The maximum atomic E-state index is 14.2. The van der Waals surface area contributed by atoms with Crippen molar-refractivity contribution < 1.29 is 29.0 Å². The molecule has 3 saturated heterocycles. The Labute approximate surface area is 206 Å². The monoisotopic (exact) mass is 484 g/mol. The molecular weight excluding hydrogens is 448 g/mol. The quantitative estimate of drug-likeness (QED) is 0.404. The first-order valence-electron chi connectivity index (χ1n) is 12.5. The summed E-state index contributed by atoms with van der Waals surface area (Å²) in [5, 5.41) is 9.50. The third-order valence-electron chi connectivity index (χ3n) is 8.02. The molecule has 1 spiro atoms. The van der Waals surface area contributed by atoms with Gasteiger partial charge >= 0.3 is 5.97 Å². The highest BCUT2D eigenvalue weighted by molar-refractivity contribution is 5.98. The van der Waals surface area contributed by atoms with E-state index in [0.717, 1.165) is 5.56 Å². The Morgan fingerprint density at radius 3 is 2.69 bits per heavy atom. The molecule has 0 aliphatic carbocycles. The van der Waals surface area contributed by atoms with Crippen molar-refractivity contribution in [2.24, 2.45) is 17.8 Å². The number of aliphatic hydroxyl groups excluding tert-OH is 1. The van der Waals surface area contributed by atoms with Crippen LogP contribution in [0.1, 0.15) is 39.2 Å². The zero-order valence-corrected chi connectivity index (χ0v) is 20.8. The molecule has 3 aliphatic heterocycles. The lowest BCUT2D eigenvalue weighted by Crippen LogP contribution is -2.56. The summed E-state index contributed by atoms with van der Waals surface area (Å²) in [5.74, 6) is -2.58. The molecule has 2 amide bonds. The van der Waals surface area contributed by atoms with E-state index in [4.69, 9.17) is 9.47 Å². The fourth-order valence-corrected chi connectivity index (χ4v) is 6.46. The van der Waals surface area contributed by atoms with Gasteiger partial charge < -0.3 is 24.4 Å². The Morgan fingerprint density at radius 2 is 2.06 bits per heavy atom. The molecule has 1 aromatic rings. The average Bonchev–Trinajstić information content (AvgIpc) is 3.34. The van der Waals surface area contributed by atoms with Crippen molar-refractivity contribution in [1.82, 2.24) is 9.80 Å². The van der Waals surface area contributed by atoms with Gasteiger partial charge in [0.15, 0.2) is 0 Å². The number of nitrogens with zero attached hydrogens (tertiary/aromatic N) is 2. The molecule has 0 saturated carbocycles. The molecular formula is C27H36N2O6. The normalized spacial score (nSPS) is 33.0. The molecule has 1 aromatic carbocycles. The number of aliphatic hydroxyl groups is 1. The molecule has 8 heteroatoms. The summed E-state index contributed by atoms with van der Waals surface area (Å²) in [5.41, 5.74) is -1.05. The molecule has 0 radical (unpaired) electrons. The van der Waals surface area contributed by atoms with Gasteiger partial charge in [-0.1, -0.05) is 43.3 Å². The van der Waals surface area contributed by atoms with Crippen LogP contribution in [0.4, 0.5) is 0 Å². The van der Waals surface area contributed by atoms with E-state index in [0.29, 0.717) is 25.9 Å². The van der Waals surface area contributed by atoms with E-state index in [-0.39, 0.29) is 37.5 Å². The van der Waals surface area contributed by atoms with Gasteiger partial charge in [0.1, 0.15) is 17.6 Å². The van der Waals surface area contributed by atoms with Gasteiger partial charge in [0, 0.05) is 26.2 Å². The van der Waals surface area contributed by atoms with Crippen LogP contribution in [0, 0.1) is 17.8 Å². The van der Waals surface area contributed by atoms with Crippen LogP contribution < -0.4 is 0 Å². The lowest BCUT2D eigenvalue weighted by Gasteiger charge is -2.37. The van der Waals surface area contributed by atoms with E-state index in [1.54, 1.807) is 17.9 Å². The summed E-state index contributed by atoms with van der Waals surface area (Å²) < 4.78 is 12.0. The number of fused-ring (bicyclic) bond motifs is 1. The van der Waals surface area contributed by atoms with Crippen molar-refractivity contribution in [2.45, 2.75) is 57.4 Å². The maximum Gasteiger partial charge on any atom is 0.312 e. The van der Waals surface area contributed by atoms with Crippen molar-refractivity contribution in [1.29, 1.82) is 0 Å². The lowest BCUT2D eigenvalue weighted by atomic mass is 9.62. The number of carbonyl (C=O) groups excluding carboxylic acids is 3. The van der Waals surface area contributed by atoms with Gasteiger partial charge in [-0.15, -0.1) is 6.58 Å². The van der Waals surface area contributed by atoms with Crippen LogP contribution in [-0.2, 0) is 30.4 Å². The number of amides is 2. The van der Waals surface area contributed by atoms with Gasteiger partial charge in [-0.3, -0.25) is 14.4 Å². The largest absolute Gasteiger partial charge is 0.466 e. The van der Waals surface area contributed by atoms with Gasteiger partial charge in [-0.05, 0) is 38.2 Å². The third-order valence-corrected chi connectivity index (χ3v) is 8.02. The van der Waals surface area contributed by atoms with Crippen molar-refractivity contribution in [3.63, 3.8) is 0 Å². The molecule has 1 N–H and O–H groups in total. The summed E-state index contributed by atoms with van der Waals surface area (Å²) in [6.45, 7) is 10.4. The minimum absolute atomic E-state index is 0.0453. The molecule has 4 rings (SSSR count). The Balaban J connectivity index is 1.76. The molecule has 35 heavy (non-hydrogen) atoms. The van der Waals surface area contributed by atoms with Gasteiger partial charge in [0.25, 0.3) is 0 Å². The van der Waals surface area contributed by atoms with Gasteiger partial charge in [-0.2, -0.15) is 0 Å². The minimum Gasteiger partial charge on any atom is -0.466 e. The first kappa shape index (κ1) is 25.4. The standard InChI is InChI=1S/C27H36N2O6/c1-5-13-28(17-19-11-8-7-9-12-19)24(32)22-27-16-18(3)26(4,35-27)21(25(33)34-6-2)20(27)23(31)29(22)14-10-15-30/h5,7-9,11-12,18,20-22,30H,1,6,10,13-17H2,2-4H3/t18?,20-,21+,22?,26-,27?/m0/s1. The van der Waals surface area contributed by atoms with Crippen LogP contribution in [0.3, 0.4) is 0 Å². The van der Waals surface area contributed by atoms with Gasteiger partial charge in [0.2, 0.25) is 11.8 Å². The highest BCUT2D eigenvalue weighted by atomic mass is 16.6.